The fraction of sp³-hybridized carbons (Fsp3) is 0.0256. The Balaban J connectivity index is 1.29. The molecule has 196 valence electrons. The summed E-state index contributed by atoms with van der Waals surface area (Å²) in [7, 11) is 2.16. The molecule has 0 heterocycles. The molecule has 0 bridgehead atoms. The van der Waals surface area contributed by atoms with E-state index < -0.39 is 0 Å². The normalized spacial score (nSPS) is 11.0. The SMILES string of the molecule is CN(c1ccc(N(c2ccccc2)c2cccc(-c3ccccc3)c2)cc1)c1cc2ccccc2c2ccccc12. The van der Waals surface area contributed by atoms with Crippen LogP contribution < -0.4 is 9.80 Å². The van der Waals surface area contributed by atoms with Gasteiger partial charge >= 0.3 is 0 Å². The van der Waals surface area contributed by atoms with Crippen LogP contribution in [0.15, 0.2) is 164 Å². The number of benzene rings is 7. The van der Waals surface area contributed by atoms with Gasteiger partial charge in [0.25, 0.3) is 0 Å². The van der Waals surface area contributed by atoms with E-state index in [-0.39, 0.29) is 0 Å². The van der Waals surface area contributed by atoms with Crippen molar-refractivity contribution in [3.05, 3.63) is 164 Å². The van der Waals surface area contributed by atoms with E-state index in [0.717, 1.165) is 22.7 Å². The van der Waals surface area contributed by atoms with Gasteiger partial charge in [0.1, 0.15) is 0 Å². The summed E-state index contributed by atoms with van der Waals surface area (Å²) in [4.78, 5) is 4.61. The maximum Gasteiger partial charge on any atom is 0.0494 e. The van der Waals surface area contributed by atoms with Crippen molar-refractivity contribution in [2.45, 2.75) is 0 Å². The maximum absolute atomic E-state index is 2.32. The van der Waals surface area contributed by atoms with Crippen LogP contribution >= 0.6 is 0 Å². The highest BCUT2D eigenvalue weighted by Crippen LogP contribution is 2.39. The summed E-state index contributed by atoms with van der Waals surface area (Å²) in [6.45, 7) is 0. The van der Waals surface area contributed by atoms with Gasteiger partial charge in [-0.25, -0.2) is 0 Å². The third kappa shape index (κ3) is 4.70. The van der Waals surface area contributed by atoms with Crippen LogP contribution in [-0.2, 0) is 0 Å². The summed E-state index contributed by atoms with van der Waals surface area (Å²) in [6, 6.07) is 58.4. The van der Waals surface area contributed by atoms with Gasteiger partial charge in [-0.2, -0.15) is 0 Å². The molecule has 0 amide bonds. The lowest BCUT2D eigenvalue weighted by Crippen LogP contribution is -2.12. The number of para-hydroxylation sites is 1. The van der Waals surface area contributed by atoms with Gasteiger partial charge in [0, 0.05) is 40.9 Å². The Morgan fingerprint density at radius 1 is 0.366 bits per heavy atom. The minimum absolute atomic E-state index is 1.11. The van der Waals surface area contributed by atoms with Crippen LogP contribution in [0.3, 0.4) is 0 Å². The van der Waals surface area contributed by atoms with Crippen molar-refractivity contribution < 1.29 is 0 Å². The molecule has 0 aliphatic heterocycles. The number of anilines is 5. The van der Waals surface area contributed by atoms with Crippen LogP contribution in [0, 0.1) is 0 Å². The van der Waals surface area contributed by atoms with E-state index in [9.17, 15) is 0 Å². The molecule has 0 aliphatic rings. The fourth-order valence-electron chi connectivity index (χ4n) is 5.76. The van der Waals surface area contributed by atoms with Crippen molar-refractivity contribution in [3.8, 4) is 11.1 Å². The first-order valence-corrected chi connectivity index (χ1v) is 14.0. The summed E-state index contributed by atoms with van der Waals surface area (Å²) in [6.07, 6.45) is 0. The molecule has 41 heavy (non-hydrogen) atoms. The second-order valence-corrected chi connectivity index (χ2v) is 10.3. The third-order valence-electron chi connectivity index (χ3n) is 7.83. The van der Waals surface area contributed by atoms with E-state index in [2.05, 4.69) is 181 Å². The molecule has 7 aromatic rings. The average molecular weight is 527 g/mol. The Kier molecular flexibility index (Phi) is 6.42. The lowest BCUT2D eigenvalue weighted by Gasteiger charge is -2.27. The van der Waals surface area contributed by atoms with Crippen LogP contribution in [0.25, 0.3) is 32.7 Å². The highest BCUT2D eigenvalue weighted by molar-refractivity contribution is 6.13. The first-order valence-electron chi connectivity index (χ1n) is 14.0. The molecule has 0 N–H and O–H groups in total. The molecule has 7 rings (SSSR count). The molecule has 2 heteroatoms. The van der Waals surface area contributed by atoms with E-state index in [4.69, 9.17) is 0 Å². The van der Waals surface area contributed by atoms with Crippen molar-refractivity contribution in [2.75, 3.05) is 16.8 Å². The largest absolute Gasteiger partial charge is 0.344 e. The molecule has 0 fully saturated rings. The summed E-state index contributed by atoms with van der Waals surface area (Å²) in [5.74, 6) is 0. The van der Waals surface area contributed by atoms with Crippen LogP contribution in [0.5, 0.6) is 0 Å². The van der Waals surface area contributed by atoms with Gasteiger partial charge in [-0.15, -0.1) is 0 Å². The van der Waals surface area contributed by atoms with Crippen LogP contribution in [0.1, 0.15) is 0 Å². The van der Waals surface area contributed by atoms with Gasteiger partial charge in [0.15, 0.2) is 0 Å². The zero-order valence-corrected chi connectivity index (χ0v) is 23.0. The van der Waals surface area contributed by atoms with Crippen molar-refractivity contribution in [2.24, 2.45) is 0 Å². The Hall–Kier alpha value is -5.34. The third-order valence-corrected chi connectivity index (χ3v) is 7.83. The van der Waals surface area contributed by atoms with Gasteiger partial charge in [0.05, 0.1) is 0 Å². The highest BCUT2D eigenvalue weighted by atomic mass is 15.1. The number of rotatable bonds is 6. The van der Waals surface area contributed by atoms with E-state index in [0.29, 0.717) is 0 Å². The van der Waals surface area contributed by atoms with E-state index in [1.54, 1.807) is 0 Å². The Morgan fingerprint density at radius 2 is 0.902 bits per heavy atom. The van der Waals surface area contributed by atoms with Gasteiger partial charge in [-0.1, -0.05) is 109 Å². The van der Waals surface area contributed by atoms with Crippen LogP contribution in [0.2, 0.25) is 0 Å². The molecule has 0 unspecified atom stereocenters. The van der Waals surface area contributed by atoms with Crippen molar-refractivity contribution >= 4 is 50.0 Å². The molecular weight excluding hydrogens is 496 g/mol. The Morgan fingerprint density at radius 3 is 1.66 bits per heavy atom. The number of nitrogens with zero attached hydrogens (tertiary/aromatic N) is 2. The Labute approximate surface area is 241 Å². The topological polar surface area (TPSA) is 6.48 Å². The first-order chi connectivity index (χ1) is 20.3. The molecule has 7 aromatic carbocycles. The summed E-state index contributed by atoms with van der Waals surface area (Å²) in [5, 5.41) is 5.06. The Bertz CT molecular complexity index is 1940. The lowest BCUT2D eigenvalue weighted by atomic mass is 9.99. The van der Waals surface area contributed by atoms with Crippen molar-refractivity contribution in [1.82, 2.24) is 0 Å². The zero-order chi connectivity index (χ0) is 27.6. The van der Waals surface area contributed by atoms with Crippen LogP contribution in [0.4, 0.5) is 28.4 Å². The van der Waals surface area contributed by atoms with E-state index in [1.165, 1.54) is 38.4 Å². The van der Waals surface area contributed by atoms with E-state index in [1.807, 2.05) is 0 Å². The second-order valence-electron chi connectivity index (χ2n) is 10.3. The summed E-state index contributed by atoms with van der Waals surface area (Å²) in [5.41, 5.74) is 8.11. The van der Waals surface area contributed by atoms with Gasteiger partial charge in [-0.3, -0.25) is 0 Å². The fourth-order valence-corrected chi connectivity index (χ4v) is 5.76. The molecular formula is C39H30N2. The van der Waals surface area contributed by atoms with Gasteiger partial charge < -0.3 is 9.80 Å². The summed E-state index contributed by atoms with van der Waals surface area (Å²) < 4.78 is 0. The standard InChI is InChI=1S/C39H30N2/c1-40(39-28-31-15-8-9-20-36(31)37-21-10-11-22-38(37)39)32-23-25-34(26-24-32)41(33-17-6-3-7-18-33)35-19-12-16-30(27-35)29-13-4-2-5-14-29/h2-28H,1H3. The number of hydrogen-bond acceptors (Lipinski definition) is 2. The summed E-state index contributed by atoms with van der Waals surface area (Å²) >= 11 is 0. The van der Waals surface area contributed by atoms with Crippen molar-refractivity contribution in [1.29, 1.82) is 0 Å². The molecule has 0 radical (unpaired) electrons. The average Bonchev–Trinajstić information content (AvgIpc) is 3.05. The van der Waals surface area contributed by atoms with E-state index >= 15 is 0 Å². The predicted octanol–water partition coefficient (Wildman–Crippen LogP) is 10.9. The number of hydrogen-bond donors (Lipinski definition) is 0. The molecule has 0 aromatic heterocycles. The number of fused-ring (bicyclic) bond motifs is 3. The van der Waals surface area contributed by atoms with Crippen LogP contribution in [-0.4, -0.2) is 7.05 Å². The lowest BCUT2D eigenvalue weighted by molar-refractivity contribution is 1.21. The molecule has 0 saturated carbocycles. The van der Waals surface area contributed by atoms with Gasteiger partial charge in [-0.05, 0) is 81.9 Å². The smallest absolute Gasteiger partial charge is 0.0494 e. The van der Waals surface area contributed by atoms with Crippen molar-refractivity contribution in [3.63, 3.8) is 0 Å². The quantitative estimate of drug-likeness (QED) is 0.199. The minimum Gasteiger partial charge on any atom is -0.344 e. The maximum atomic E-state index is 2.32. The first kappa shape index (κ1) is 24.7. The molecule has 2 nitrogen and oxygen atoms in total. The molecule has 0 atom stereocenters. The highest BCUT2D eigenvalue weighted by Gasteiger charge is 2.15. The second kappa shape index (κ2) is 10.7. The minimum atomic E-state index is 1.11. The zero-order valence-electron chi connectivity index (χ0n) is 23.0. The van der Waals surface area contributed by atoms with Gasteiger partial charge in [0.2, 0.25) is 0 Å². The molecule has 0 spiro atoms. The molecule has 0 aliphatic carbocycles. The predicted molar refractivity (Wildman–Crippen MR) is 176 cm³/mol. The monoisotopic (exact) mass is 526 g/mol. The molecule has 0 saturated heterocycles.